The summed E-state index contributed by atoms with van der Waals surface area (Å²) in [5, 5.41) is 0. The third kappa shape index (κ3) is 3.93. The zero-order valence-electron chi connectivity index (χ0n) is 11.7. The minimum absolute atomic E-state index is 0.240. The Morgan fingerprint density at radius 3 is 2.35 bits per heavy atom. The van der Waals surface area contributed by atoms with Gasteiger partial charge in [0.15, 0.2) is 0 Å². The molecule has 0 spiro atoms. The van der Waals surface area contributed by atoms with Crippen LogP contribution in [-0.4, -0.2) is 47.1 Å². The average molecular weight is 292 g/mol. The predicted molar refractivity (Wildman–Crippen MR) is 82.7 cm³/mol. The van der Waals surface area contributed by atoms with Crippen LogP contribution in [0.15, 0.2) is 30.3 Å². The van der Waals surface area contributed by atoms with Gasteiger partial charge in [-0.3, -0.25) is 0 Å². The summed E-state index contributed by atoms with van der Waals surface area (Å²) in [7, 11) is 0. The lowest BCUT2D eigenvalue weighted by Crippen LogP contribution is -2.50. The molecule has 5 heteroatoms. The van der Waals surface area contributed by atoms with Gasteiger partial charge in [0.05, 0.1) is 4.99 Å². The zero-order valence-corrected chi connectivity index (χ0v) is 12.6. The first-order chi connectivity index (χ1) is 9.70. The molecule has 0 aromatic heterocycles. The van der Waals surface area contributed by atoms with Crippen LogP contribution in [0.1, 0.15) is 18.9 Å². The SMILES string of the molecule is CCC(=S)N1CCN(C(=O)OCc2ccccc2)CC1. The summed E-state index contributed by atoms with van der Waals surface area (Å²) in [4.78, 5) is 16.9. The molecular formula is C15H20N2O2S. The average Bonchev–Trinajstić information content (AvgIpc) is 2.53. The van der Waals surface area contributed by atoms with Gasteiger partial charge in [-0.05, 0) is 12.0 Å². The molecule has 20 heavy (non-hydrogen) atoms. The van der Waals surface area contributed by atoms with Crippen molar-refractivity contribution in [2.45, 2.75) is 20.0 Å². The molecule has 1 fully saturated rings. The monoisotopic (exact) mass is 292 g/mol. The number of thiocarbonyl (C=S) groups is 1. The van der Waals surface area contributed by atoms with E-state index in [1.54, 1.807) is 4.90 Å². The van der Waals surface area contributed by atoms with E-state index in [0.717, 1.165) is 30.1 Å². The van der Waals surface area contributed by atoms with Gasteiger partial charge in [0.2, 0.25) is 0 Å². The summed E-state index contributed by atoms with van der Waals surface area (Å²) in [5.74, 6) is 0. The number of rotatable bonds is 3. The van der Waals surface area contributed by atoms with E-state index in [1.807, 2.05) is 30.3 Å². The Hall–Kier alpha value is -1.62. The number of ether oxygens (including phenoxy) is 1. The summed E-state index contributed by atoms with van der Waals surface area (Å²) < 4.78 is 5.33. The van der Waals surface area contributed by atoms with Crippen molar-refractivity contribution in [3.05, 3.63) is 35.9 Å². The number of piperazine rings is 1. The quantitative estimate of drug-likeness (QED) is 0.802. The molecule has 1 saturated heterocycles. The first-order valence-electron chi connectivity index (χ1n) is 6.94. The van der Waals surface area contributed by atoms with Crippen molar-refractivity contribution in [2.24, 2.45) is 0 Å². The van der Waals surface area contributed by atoms with Crippen LogP contribution in [0.5, 0.6) is 0 Å². The third-order valence-electron chi connectivity index (χ3n) is 3.40. The lowest BCUT2D eigenvalue weighted by Gasteiger charge is -2.35. The van der Waals surface area contributed by atoms with Crippen LogP contribution in [-0.2, 0) is 11.3 Å². The maximum atomic E-state index is 12.0. The molecule has 0 radical (unpaired) electrons. The second-order valence-electron chi connectivity index (χ2n) is 4.76. The molecule has 1 aliphatic heterocycles. The highest BCUT2D eigenvalue weighted by molar-refractivity contribution is 7.80. The van der Waals surface area contributed by atoms with Gasteiger partial charge >= 0.3 is 6.09 Å². The molecule has 4 nitrogen and oxygen atoms in total. The Morgan fingerprint density at radius 2 is 1.75 bits per heavy atom. The highest BCUT2D eigenvalue weighted by atomic mass is 32.1. The molecule has 0 saturated carbocycles. The molecule has 0 N–H and O–H groups in total. The van der Waals surface area contributed by atoms with Gasteiger partial charge in [0.1, 0.15) is 6.61 Å². The maximum Gasteiger partial charge on any atom is 0.410 e. The lowest BCUT2D eigenvalue weighted by atomic mass is 10.2. The number of carbonyl (C=O) groups excluding carboxylic acids is 1. The standard InChI is InChI=1S/C15H20N2O2S/c1-2-14(20)16-8-10-17(11-9-16)15(18)19-12-13-6-4-3-5-7-13/h3-7H,2,8-12H2,1H3. The van der Waals surface area contributed by atoms with E-state index >= 15 is 0 Å². The zero-order chi connectivity index (χ0) is 14.4. The van der Waals surface area contributed by atoms with Gasteiger partial charge in [-0.1, -0.05) is 49.5 Å². The van der Waals surface area contributed by atoms with Crippen molar-refractivity contribution in [2.75, 3.05) is 26.2 Å². The van der Waals surface area contributed by atoms with Gasteiger partial charge in [0.25, 0.3) is 0 Å². The molecule has 1 amide bonds. The Bertz CT molecular complexity index is 456. The van der Waals surface area contributed by atoms with E-state index in [9.17, 15) is 4.79 Å². The summed E-state index contributed by atoms with van der Waals surface area (Å²) >= 11 is 5.29. The smallest absolute Gasteiger partial charge is 0.410 e. The van der Waals surface area contributed by atoms with E-state index in [4.69, 9.17) is 17.0 Å². The highest BCUT2D eigenvalue weighted by Gasteiger charge is 2.22. The molecule has 0 bridgehead atoms. The fourth-order valence-corrected chi connectivity index (χ4v) is 2.36. The molecule has 1 aliphatic rings. The van der Waals surface area contributed by atoms with E-state index in [2.05, 4.69) is 11.8 Å². The Labute approximate surface area is 125 Å². The van der Waals surface area contributed by atoms with E-state index in [1.165, 1.54) is 0 Å². The fourth-order valence-electron chi connectivity index (χ4n) is 2.17. The number of hydrogen-bond donors (Lipinski definition) is 0. The van der Waals surface area contributed by atoms with Crippen molar-refractivity contribution in [3.63, 3.8) is 0 Å². The molecule has 0 aliphatic carbocycles. The van der Waals surface area contributed by atoms with Crippen molar-refractivity contribution >= 4 is 23.3 Å². The summed E-state index contributed by atoms with van der Waals surface area (Å²) in [6.07, 6.45) is 0.643. The van der Waals surface area contributed by atoms with Crippen molar-refractivity contribution in [1.29, 1.82) is 0 Å². The molecule has 1 aromatic carbocycles. The van der Waals surface area contributed by atoms with Crippen molar-refractivity contribution in [3.8, 4) is 0 Å². The fraction of sp³-hybridized carbons (Fsp3) is 0.467. The topological polar surface area (TPSA) is 32.8 Å². The third-order valence-corrected chi connectivity index (χ3v) is 3.95. The molecule has 1 heterocycles. The van der Waals surface area contributed by atoms with Crippen molar-refractivity contribution < 1.29 is 9.53 Å². The number of hydrogen-bond acceptors (Lipinski definition) is 3. The summed E-state index contributed by atoms with van der Waals surface area (Å²) in [5.41, 5.74) is 1.01. The second-order valence-corrected chi connectivity index (χ2v) is 5.23. The lowest BCUT2D eigenvalue weighted by molar-refractivity contribution is 0.0826. The minimum Gasteiger partial charge on any atom is -0.445 e. The maximum absolute atomic E-state index is 12.0. The largest absolute Gasteiger partial charge is 0.445 e. The molecule has 0 atom stereocenters. The van der Waals surface area contributed by atoms with Crippen LogP contribution in [0.2, 0.25) is 0 Å². The second kappa shape index (κ2) is 7.24. The molecule has 1 aromatic rings. The van der Waals surface area contributed by atoms with Crippen LogP contribution in [0.3, 0.4) is 0 Å². The minimum atomic E-state index is -0.240. The normalized spacial score (nSPS) is 15.1. The van der Waals surface area contributed by atoms with E-state index < -0.39 is 0 Å². The molecule has 108 valence electrons. The first-order valence-corrected chi connectivity index (χ1v) is 7.35. The summed E-state index contributed by atoms with van der Waals surface area (Å²) in [6.45, 7) is 5.33. The van der Waals surface area contributed by atoms with Gasteiger partial charge < -0.3 is 14.5 Å². The number of carbonyl (C=O) groups is 1. The van der Waals surface area contributed by atoms with Crippen LogP contribution in [0.4, 0.5) is 4.79 Å². The molecule has 0 unspecified atom stereocenters. The van der Waals surface area contributed by atoms with Crippen LogP contribution in [0, 0.1) is 0 Å². The van der Waals surface area contributed by atoms with Gasteiger partial charge in [-0.15, -0.1) is 0 Å². The highest BCUT2D eigenvalue weighted by Crippen LogP contribution is 2.08. The molecular weight excluding hydrogens is 272 g/mol. The molecule has 2 rings (SSSR count). The van der Waals surface area contributed by atoms with Crippen molar-refractivity contribution in [1.82, 2.24) is 9.80 Å². The van der Waals surface area contributed by atoms with E-state index in [0.29, 0.717) is 19.7 Å². The Balaban J connectivity index is 1.76. The van der Waals surface area contributed by atoms with Gasteiger partial charge in [-0.2, -0.15) is 0 Å². The van der Waals surface area contributed by atoms with E-state index in [-0.39, 0.29) is 6.09 Å². The first kappa shape index (κ1) is 14.8. The number of nitrogens with zero attached hydrogens (tertiary/aromatic N) is 2. The van der Waals surface area contributed by atoms with Crippen LogP contribution >= 0.6 is 12.2 Å². The number of benzene rings is 1. The predicted octanol–water partition coefficient (Wildman–Crippen LogP) is 2.68. The van der Waals surface area contributed by atoms with Crippen LogP contribution in [0.25, 0.3) is 0 Å². The van der Waals surface area contributed by atoms with Crippen LogP contribution < -0.4 is 0 Å². The number of amides is 1. The van der Waals surface area contributed by atoms with Gasteiger partial charge in [-0.25, -0.2) is 4.79 Å². The van der Waals surface area contributed by atoms with Gasteiger partial charge in [0, 0.05) is 26.2 Å². The Kier molecular flexibility index (Phi) is 5.35. The Morgan fingerprint density at radius 1 is 1.15 bits per heavy atom. The summed E-state index contributed by atoms with van der Waals surface area (Å²) in [6, 6.07) is 9.72.